The molecule has 0 unspecified atom stereocenters. The molecule has 6 nitrogen and oxygen atoms in total. The molecule has 3 rings (SSSR count). The zero-order chi connectivity index (χ0) is 19.2. The van der Waals surface area contributed by atoms with E-state index >= 15 is 0 Å². The number of nitrogens with zero attached hydrogens (tertiary/aromatic N) is 2. The van der Waals surface area contributed by atoms with Crippen molar-refractivity contribution >= 4 is 41.3 Å². The average Bonchev–Trinajstić information content (AvgIpc) is 3.00. The minimum atomic E-state index is -0.617. The Morgan fingerprint density at radius 3 is 2.56 bits per heavy atom. The number of nitro benzene ring substituents is 1. The number of nitro groups is 1. The van der Waals surface area contributed by atoms with Crippen molar-refractivity contribution in [3.05, 3.63) is 98.7 Å². The number of hydrogen-bond donors (Lipinski definition) is 0. The van der Waals surface area contributed by atoms with Gasteiger partial charge in [0.05, 0.1) is 4.92 Å². The third-order valence-corrected chi connectivity index (χ3v) is 3.73. The first kappa shape index (κ1) is 18.3. The zero-order valence-corrected chi connectivity index (χ0v) is 14.7. The second-order valence-electron chi connectivity index (χ2n) is 5.49. The van der Waals surface area contributed by atoms with Crippen molar-refractivity contribution in [3.63, 3.8) is 0 Å². The highest BCUT2D eigenvalue weighted by molar-refractivity contribution is 6.33. The van der Waals surface area contributed by atoms with Crippen molar-refractivity contribution in [1.82, 2.24) is 0 Å². The summed E-state index contributed by atoms with van der Waals surface area (Å²) in [6.07, 6.45) is 6.16. The van der Waals surface area contributed by atoms with Gasteiger partial charge in [0.25, 0.3) is 5.69 Å². The van der Waals surface area contributed by atoms with E-state index in [2.05, 4.69) is 4.99 Å². The number of aliphatic imine (C=N–C) groups is 1. The number of cyclic esters (lactones) is 1. The Kier molecular flexibility index (Phi) is 5.58. The predicted molar refractivity (Wildman–Crippen MR) is 104 cm³/mol. The minimum absolute atomic E-state index is 0.0269. The van der Waals surface area contributed by atoms with Crippen LogP contribution in [0.1, 0.15) is 11.1 Å². The molecule has 27 heavy (non-hydrogen) atoms. The number of non-ortho nitro benzene ring substituents is 1. The van der Waals surface area contributed by atoms with Crippen LogP contribution in [-0.4, -0.2) is 16.8 Å². The van der Waals surface area contributed by atoms with E-state index in [9.17, 15) is 14.9 Å². The number of halogens is 1. The molecule has 2 aromatic carbocycles. The number of hydrogen-bond acceptors (Lipinski definition) is 5. The lowest BCUT2D eigenvalue weighted by Crippen LogP contribution is -2.01. The summed E-state index contributed by atoms with van der Waals surface area (Å²) in [5, 5.41) is 11.1. The van der Waals surface area contributed by atoms with Crippen LogP contribution in [-0.2, 0) is 9.53 Å². The lowest BCUT2D eigenvalue weighted by Gasteiger charge is -1.94. The van der Waals surface area contributed by atoms with Crippen molar-refractivity contribution < 1.29 is 14.5 Å². The van der Waals surface area contributed by atoms with Crippen LogP contribution in [0.3, 0.4) is 0 Å². The lowest BCUT2D eigenvalue weighted by atomic mass is 10.2. The third-order valence-electron chi connectivity index (χ3n) is 3.52. The molecule has 0 N–H and O–H groups in total. The Balaban J connectivity index is 1.77. The number of rotatable bonds is 5. The number of esters is 1. The van der Waals surface area contributed by atoms with Gasteiger partial charge >= 0.3 is 5.97 Å². The van der Waals surface area contributed by atoms with Gasteiger partial charge in [-0.25, -0.2) is 9.79 Å². The third kappa shape index (κ3) is 4.99. The van der Waals surface area contributed by atoms with Crippen LogP contribution in [0.15, 0.2) is 82.5 Å². The fraction of sp³-hybridized carbons (Fsp3) is 0. The molecule has 0 amide bonds. The first-order valence-corrected chi connectivity index (χ1v) is 8.26. The molecule has 0 aliphatic carbocycles. The molecule has 0 spiro atoms. The van der Waals surface area contributed by atoms with Crippen molar-refractivity contribution in [2.75, 3.05) is 0 Å². The largest absolute Gasteiger partial charge is 0.403 e. The van der Waals surface area contributed by atoms with Gasteiger partial charge in [-0.1, -0.05) is 54.1 Å². The van der Waals surface area contributed by atoms with E-state index in [1.165, 1.54) is 24.3 Å². The van der Waals surface area contributed by atoms with Crippen LogP contribution < -0.4 is 0 Å². The molecule has 7 heteroatoms. The SMILES string of the molecule is O=C1OC(/C=C\c2cccc([N+](=O)[O-])c2)=NC/1=C/C(Cl)=C/c1ccccc1. The lowest BCUT2D eigenvalue weighted by molar-refractivity contribution is -0.384. The molecule has 0 fully saturated rings. The first-order valence-electron chi connectivity index (χ1n) is 7.88. The van der Waals surface area contributed by atoms with Gasteiger partial charge in [0.2, 0.25) is 5.90 Å². The van der Waals surface area contributed by atoms with Crippen LogP contribution in [0.25, 0.3) is 12.2 Å². The van der Waals surface area contributed by atoms with E-state index in [0.717, 1.165) is 5.56 Å². The van der Waals surface area contributed by atoms with Gasteiger partial charge in [-0.05, 0) is 29.4 Å². The summed E-state index contributed by atoms with van der Waals surface area (Å²) in [4.78, 5) is 26.3. The monoisotopic (exact) mass is 380 g/mol. The highest BCUT2D eigenvalue weighted by Crippen LogP contribution is 2.19. The number of carbonyl (C=O) groups excluding carboxylic acids is 1. The van der Waals surface area contributed by atoms with Gasteiger partial charge < -0.3 is 4.74 Å². The van der Waals surface area contributed by atoms with Crippen molar-refractivity contribution in [1.29, 1.82) is 0 Å². The maximum absolute atomic E-state index is 11.9. The first-order chi connectivity index (χ1) is 13.0. The van der Waals surface area contributed by atoms with Gasteiger partial charge in [0.15, 0.2) is 5.70 Å². The van der Waals surface area contributed by atoms with E-state index in [0.29, 0.717) is 10.6 Å². The smallest absolute Gasteiger partial charge is 0.363 e. The van der Waals surface area contributed by atoms with Crippen LogP contribution >= 0.6 is 11.6 Å². The maximum atomic E-state index is 11.9. The topological polar surface area (TPSA) is 81.8 Å². The van der Waals surface area contributed by atoms with Crippen LogP contribution in [0.2, 0.25) is 0 Å². The van der Waals surface area contributed by atoms with Gasteiger partial charge in [0, 0.05) is 23.2 Å². The summed E-state index contributed by atoms with van der Waals surface area (Å²) in [6, 6.07) is 15.5. The molecule has 0 radical (unpaired) electrons. The number of benzene rings is 2. The molecule has 0 saturated carbocycles. The van der Waals surface area contributed by atoms with Gasteiger partial charge in [-0.15, -0.1) is 0 Å². The van der Waals surface area contributed by atoms with E-state index in [4.69, 9.17) is 16.3 Å². The summed E-state index contributed by atoms with van der Waals surface area (Å²) in [5.41, 5.74) is 1.52. The quantitative estimate of drug-likeness (QED) is 0.325. The highest BCUT2D eigenvalue weighted by Gasteiger charge is 2.21. The maximum Gasteiger partial charge on any atom is 0.363 e. The summed E-state index contributed by atoms with van der Waals surface area (Å²) >= 11 is 6.15. The van der Waals surface area contributed by atoms with E-state index in [1.54, 1.807) is 24.3 Å². The molecular formula is C20H13ClN2O4. The normalized spacial score (nSPS) is 15.9. The minimum Gasteiger partial charge on any atom is -0.403 e. The van der Waals surface area contributed by atoms with Crippen LogP contribution in [0.4, 0.5) is 5.69 Å². The van der Waals surface area contributed by atoms with Crippen molar-refractivity contribution in [3.8, 4) is 0 Å². The molecule has 0 aromatic heterocycles. The van der Waals surface area contributed by atoms with Crippen LogP contribution in [0.5, 0.6) is 0 Å². The molecule has 0 bridgehead atoms. The standard InChI is InChI=1S/C20H13ClN2O4/c21-16(11-14-5-2-1-3-6-14)13-18-20(24)27-19(22-18)10-9-15-7-4-8-17(12-15)23(25)26/h1-13H/b10-9-,16-11-,18-13+. The zero-order valence-electron chi connectivity index (χ0n) is 13.9. The Bertz CT molecular complexity index is 1010. The van der Waals surface area contributed by atoms with Crippen molar-refractivity contribution in [2.24, 2.45) is 4.99 Å². The fourth-order valence-electron chi connectivity index (χ4n) is 2.29. The van der Waals surface area contributed by atoms with Gasteiger partial charge in [-0.2, -0.15) is 0 Å². The predicted octanol–water partition coefficient (Wildman–Crippen LogP) is 4.73. The number of ether oxygens (including phenoxy) is 1. The second kappa shape index (κ2) is 8.25. The molecular weight excluding hydrogens is 368 g/mol. The number of allylic oxidation sites excluding steroid dienone is 2. The number of carbonyl (C=O) groups is 1. The Labute approximate surface area is 159 Å². The van der Waals surface area contributed by atoms with Gasteiger partial charge in [0.1, 0.15) is 0 Å². The van der Waals surface area contributed by atoms with E-state index in [1.807, 2.05) is 30.3 Å². The molecule has 134 valence electrons. The van der Waals surface area contributed by atoms with E-state index in [-0.39, 0.29) is 17.3 Å². The van der Waals surface area contributed by atoms with E-state index < -0.39 is 10.9 Å². The highest BCUT2D eigenvalue weighted by atomic mass is 35.5. The fourth-order valence-corrected chi connectivity index (χ4v) is 2.52. The molecule has 0 atom stereocenters. The second-order valence-corrected chi connectivity index (χ2v) is 5.93. The summed E-state index contributed by atoms with van der Waals surface area (Å²) in [7, 11) is 0. The van der Waals surface area contributed by atoms with Crippen molar-refractivity contribution in [2.45, 2.75) is 0 Å². The van der Waals surface area contributed by atoms with Crippen LogP contribution in [0, 0.1) is 10.1 Å². The van der Waals surface area contributed by atoms with Gasteiger partial charge in [-0.3, -0.25) is 10.1 Å². The summed E-state index contributed by atoms with van der Waals surface area (Å²) < 4.78 is 5.06. The average molecular weight is 381 g/mol. The molecule has 2 aromatic rings. The Hall–Kier alpha value is -3.51. The molecule has 0 saturated heterocycles. The Morgan fingerprint density at radius 2 is 1.81 bits per heavy atom. The molecule has 1 aliphatic heterocycles. The summed E-state index contributed by atoms with van der Waals surface area (Å²) in [6.45, 7) is 0. The molecule has 1 heterocycles. The molecule has 1 aliphatic rings. The Morgan fingerprint density at radius 1 is 1.07 bits per heavy atom. The summed E-state index contributed by atoms with van der Waals surface area (Å²) in [5.74, 6) is -0.532.